The van der Waals surface area contributed by atoms with Gasteiger partial charge in [0.15, 0.2) is 0 Å². The quantitative estimate of drug-likeness (QED) is 0.770. The summed E-state index contributed by atoms with van der Waals surface area (Å²) in [6, 6.07) is 0. The summed E-state index contributed by atoms with van der Waals surface area (Å²) in [4.78, 5) is 13.9. The second-order valence-electron chi connectivity index (χ2n) is 5.40. The van der Waals surface area contributed by atoms with Crippen LogP contribution < -0.4 is 0 Å². The molecule has 1 heterocycles. The molecule has 0 saturated carbocycles. The van der Waals surface area contributed by atoms with Crippen LogP contribution in [0.4, 0.5) is 0 Å². The molecule has 0 aromatic rings. The van der Waals surface area contributed by atoms with E-state index in [9.17, 15) is 4.79 Å². The monoisotopic (exact) mass is 229 g/mol. The van der Waals surface area contributed by atoms with Gasteiger partial charge in [-0.1, -0.05) is 20.8 Å². The Morgan fingerprint density at radius 2 is 2.19 bits per heavy atom. The third kappa shape index (κ3) is 4.20. The first-order valence-electron chi connectivity index (χ1n) is 5.91. The minimum atomic E-state index is -0.247. The van der Waals surface area contributed by atoms with Gasteiger partial charge in [-0.2, -0.15) is 0 Å². The number of hydrogen-bond acceptors (Lipinski definition) is 4. The Bertz CT molecular complexity index is 235. The summed E-state index contributed by atoms with van der Waals surface area (Å²) in [5.41, 5.74) is -0.247. The van der Waals surface area contributed by atoms with Crippen molar-refractivity contribution < 1.29 is 14.6 Å². The van der Waals surface area contributed by atoms with Crippen molar-refractivity contribution in [3.05, 3.63) is 0 Å². The lowest BCUT2D eigenvalue weighted by Gasteiger charge is -2.32. The predicted molar refractivity (Wildman–Crippen MR) is 62.3 cm³/mol. The van der Waals surface area contributed by atoms with E-state index in [4.69, 9.17) is 9.84 Å². The molecule has 94 valence electrons. The van der Waals surface area contributed by atoms with Crippen LogP contribution in [0.15, 0.2) is 0 Å². The third-order valence-corrected chi connectivity index (χ3v) is 2.92. The molecule has 0 aromatic carbocycles. The molecule has 1 N–H and O–H groups in total. The van der Waals surface area contributed by atoms with E-state index in [2.05, 4.69) is 4.90 Å². The average Bonchev–Trinajstić information content (AvgIpc) is 2.25. The van der Waals surface area contributed by atoms with Gasteiger partial charge in [-0.05, 0) is 0 Å². The number of carbonyl (C=O) groups excluding carboxylic acids is 1. The largest absolute Gasteiger partial charge is 0.394 e. The fourth-order valence-electron chi connectivity index (χ4n) is 1.73. The Hall–Kier alpha value is -0.450. The number of carbonyl (C=O) groups is 1. The second-order valence-corrected chi connectivity index (χ2v) is 5.40. The number of rotatable bonds is 4. The summed E-state index contributed by atoms with van der Waals surface area (Å²) in [5.74, 6) is 0.291. The van der Waals surface area contributed by atoms with Gasteiger partial charge in [0.25, 0.3) is 0 Å². The minimum absolute atomic E-state index is 0.0592. The van der Waals surface area contributed by atoms with Crippen molar-refractivity contribution in [3.8, 4) is 0 Å². The maximum absolute atomic E-state index is 11.8. The molecule has 0 amide bonds. The molecule has 1 saturated heterocycles. The Morgan fingerprint density at radius 1 is 1.50 bits per heavy atom. The molecule has 0 radical (unpaired) electrons. The summed E-state index contributed by atoms with van der Waals surface area (Å²) in [6.45, 7) is 8.91. The molecular weight excluding hydrogens is 206 g/mol. The second kappa shape index (κ2) is 5.75. The highest BCUT2D eigenvalue weighted by molar-refractivity contribution is 5.83. The van der Waals surface area contributed by atoms with Crippen LogP contribution in [0.5, 0.6) is 0 Å². The van der Waals surface area contributed by atoms with E-state index in [1.165, 1.54) is 0 Å². The first-order chi connectivity index (χ1) is 7.43. The Kier molecular flexibility index (Phi) is 4.89. The van der Waals surface area contributed by atoms with Gasteiger partial charge >= 0.3 is 0 Å². The van der Waals surface area contributed by atoms with Crippen molar-refractivity contribution >= 4 is 5.78 Å². The van der Waals surface area contributed by atoms with Crippen LogP contribution in [0.3, 0.4) is 0 Å². The molecule has 1 aliphatic heterocycles. The standard InChI is InChI=1S/C12H23NO3/c1-12(2,3)11(15)4-5-13-6-7-16-10(8-13)9-14/h10,14H,4-9H2,1-3H3. The highest BCUT2D eigenvalue weighted by atomic mass is 16.5. The number of morpholine rings is 1. The molecular formula is C12H23NO3. The lowest BCUT2D eigenvalue weighted by molar-refractivity contribution is -0.127. The number of ether oxygens (including phenoxy) is 1. The van der Waals surface area contributed by atoms with E-state index < -0.39 is 0 Å². The zero-order valence-electron chi connectivity index (χ0n) is 10.5. The van der Waals surface area contributed by atoms with Gasteiger partial charge < -0.3 is 9.84 Å². The molecule has 4 heteroatoms. The van der Waals surface area contributed by atoms with E-state index in [0.717, 1.165) is 19.6 Å². The van der Waals surface area contributed by atoms with Gasteiger partial charge in [0.1, 0.15) is 5.78 Å². The highest BCUT2D eigenvalue weighted by Gasteiger charge is 2.24. The summed E-state index contributed by atoms with van der Waals surface area (Å²) in [7, 11) is 0. The first-order valence-corrected chi connectivity index (χ1v) is 5.91. The van der Waals surface area contributed by atoms with Crippen molar-refractivity contribution in [2.24, 2.45) is 5.41 Å². The molecule has 4 nitrogen and oxygen atoms in total. The fourth-order valence-corrected chi connectivity index (χ4v) is 1.73. The zero-order valence-corrected chi connectivity index (χ0v) is 10.5. The maximum atomic E-state index is 11.8. The van der Waals surface area contributed by atoms with Crippen LogP contribution in [-0.4, -0.2) is 54.7 Å². The van der Waals surface area contributed by atoms with Gasteiger partial charge in [-0.15, -0.1) is 0 Å². The molecule has 0 spiro atoms. The minimum Gasteiger partial charge on any atom is -0.394 e. The number of Topliss-reactive ketones (excluding diaryl/α,β-unsaturated/α-hetero) is 1. The van der Waals surface area contributed by atoms with E-state index >= 15 is 0 Å². The lowest BCUT2D eigenvalue weighted by atomic mass is 9.89. The molecule has 0 aromatic heterocycles. The zero-order chi connectivity index (χ0) is 12.2. The van der Waals surface area contributed by atoms with Crippen molar-refractivity contribution in [3.63, 3.8) is 0 Å². The topological polar surface area (TPSA) is 49.8 Å². The van der Waals surface area contributed by atoms with Gasteiger partial charge in [-0.25, -0.2) is 0 Å². The van der Waals surface area contributed by atoms with Crippen LogP contribution in [-0.2, 0) is 9.53 Å². The highest BCUT2D eigenvalue weighted by Crippen LogP contribution is 2.17. The number of aliphatic hydroxyl groups excluding tert-OH is 1. The van der Waals surface area contributed by atoms with Gasteiger partial charge in [-0.3, -0.25) is 9.69 Å². The third-order valence-electron chi connectivity index (χ3n) is 2.92. The SMILES string of the molecule is CC(C)(C)C(=O)CCN1CCOC(CO)C1. The number of nitrogens with zero attached hydrogens (tertiary/aromatic N) is 1. The van der Waals surface area contributed by atoms with Gasteiger partial charge in [0, 0.05) is 31.5 Å². The summed E-state index contributed by atoms with van der Waals surface area (Å²) >= 11 is 0. The van der Waals surface area contributed by atoms with E-state index in [1.54, 1.807) is 0 Å². The van der Waals surface area contributed by atoms with Crippen LogP contribution in [0.1, 0.15) is 27.2 Å². The maximum Gasteiger partial charge on any atom is 0.139 e. The number of aliphatic hydroxyl groups is 1. The van der Waals surface area contributed by atoms with E-state index in [1.807, 2.05) is 20.8 Å². The first kappa shape index (κ1) is 13.6. The lowest BCUT2D eigenvalue weighted by Crippen LogP contribution is -2.45. The Morgan fingerprint density at radius 3 is 2.75 bits per heavy atom. The van der Waals surface area contributed by atoms with Crippen molar-refractivity contribution in [1.82, 2.24) is 4.90 Å². The van der Waals surface area contributed by atoms with Gasteiger partial charge in [0.05, 0.1) is 19.3 Å². The Labute approximate surface area is 97.6 Å². The molecule has 1 atom stereocenters. The van der Waals surface area contributed by atoms with Gasteiger partial charge in [0.2, 0.25) is 0 Å². The predicted octanol–water partition coefficient (Wildman–Crippen LogP) is 0.685. The molecule has 1 rings (SSSR count). The van der Waals surface area contributed by atoms with E-state index in [0.29, 0.717) is 18.8 Å². The van der Waals surface area contributed by atoms with Crippen LogP contribution in [0.2, 0.25) is 0 Å². The van der Waals surface area contributed by atoms with Crippen LogP contribution >= 0.6 is 0 Å². The molecule has 0 bridgehead atoms. The Balaban J connectivity index is 2.30. The van der Waals surface area contributed by atoms with Crippen molar-refractivity contribution in [2.45, 2.75) is 33.3 Å². The fraction of sp³-hybridized carbons (Fsp3) is 0.917. The smallest absolute Gasteiger partial charge is 0.139 e. The van der Waals surface area contributed by atoms with Crippen LogP contribution in [0, 0.1) is 5.41 Å². The normalized spacial score (nSPS) is 23.4. The number of ketones is 1. The molecule has 0 aliphatic carbocycles. The summed E-state index contributed by atoms with van der Waals surface area (Å²) < 4.78 is 5.35. The summed E-state index contributed by atoms with van der Waals surface area (Å²) in [6.07, 6.45) is 0.500. The van der Waals surface area contributed by atoms with Crippen molar-refractivity contribution in [1.29, 1.82) is 0 Å². The average molecular weight is 229 g/mol. The molecule has 16 heavy (non-hydrogen) atoms. The number of hydrogen-bond donors (Lipinski definition) is 1. The molecule has 1 fully saturated rings. The van der Waals surface area contributed by atoms with Crippen molar-refractivity contribution in [2.75, 3.05) is 32.8 Å². The summed E-state index contributed by atoms with van der Waals surface area (Å²) in [5, 5.41) is 9.00. The van der Waals surface area contributed by atoms with E-state index in [-0.39, 0.29) is 18.1 Å². The molecule has 1 aliphatic rings. The van der Waals surface area contributed by atoms with Crippen LogP contribution in [0.25, 0.3) is 0 Å². The molecule has 1 unspecified atom stereocenters.